The maximum Gasteiger partial charge on any atom is 0.221 e. The van der Waals surface area contributed by atoms with E-state index in [9.17, 15) is 4.79 Å². The zero-order valence-electron chi connectivity index (χ0n) is 6.13. The molecule has 0 aromatic carbocycles. The Morgan fingerprint density at radius 1 is 1.27 bits per heavy atom. The second kappa shape index (κ2) is 6.57. The quantitative estimate of drug-likeness (QED) is 0.588. The number of hydrogen-bond acceptors (Lipinski definition) is 3. The Bertz CT molecular complexity index is 199. The highest BCUT2D eigenvalue weighted by Gasteiger charge is 1.97. The van der Waals surface area contributed by atoms with Gasteiger partial charge in [0.05, 0.1) is 18.6 Å². The molecule has 4 heteroatoms. The third-order valence-corrected chi connectivity index (χ3v) is 1.02. The number of rotatable bonds is 4. The van der Waals surface area contributed by atoms with Gasteiger partial charge in [-0.15, -0.1) is 0 Å². The average Bonchev–Trinajstić information content (AvgIpc) is 2.01. The molecule has 0 atom stereocenters. The van der Waals surface area contributed by atoms with Crippen LogP contribution in [-0.4, -0.2) is 12.5 Å². The maximum absolute atomic E-state index is 10.7. The summed E-state index contributed by atoms with van der Waals surface area (Å²) in [7, 11) is 0. The topological polar surface area (TPSA) is 76.7 Å². The molecular formula is C7H9N3O. The predicted molar refractivity (Wildman–Crippen MR) is 38.1 cm³/mol. The highest BCUT2D eigenvalue weighted by atomic mass is 16.1. The summed E-state index contributed by atoms with van der Waals surface area (Å²) >= 11 is 0. The monoisotopic (exact) mass is 151 g/mol. The Morgan fingerprint density at radius 2 is 1.91 bits per heavy atom. The number of carbonyl (C=O) groups is 1. The molecule has 0 heterocycles. The van der Waals surface area contributed by atoms with Gasteiger partial charge in [0.2, 0.25) is 5.91 Å². The molecule has 0 radical (unpaired) electrons. The number of nitrogens with zero attached hydrogens (tertiary/aromatic N) is 2. The number of nitrogens with one attached hydrogen (secondary N) is 1. The molecule has 58 valence electrons. The molecule has 0 spiro atoms. The summed E-state index contributed by atoms with van der Waals surface area (Å²) < 4.78 is 0. The molecule has 0 saturated carbocycles. The van der Waals surface area contributed by atoms with Crippen LogP contribution < -0.4 is 5.32 Å². The van der Waals surface area contributed by atoms with Gasteiger partial charge in [-0.05, 0) is 0 Å². The second-order valence-corrected chi connectivity index (χ2v) is 1.92. The number of carbonyl (C=O) groups excluding carboxylic acids is 1. The molecule has 0 unspecified atom stereocenters. The van der Waals surface area contributed by atoms with Gasteiger partial charge >= 0.3 is 0 Å². The van der Waals surface area contributed by atoms with Gasteiger partial charge in [-0.2, -0.15) is 10.5 Å². The number of nitriles is 2. The Hall–Kier alpha value is -1.55. The van der Waals surface area contributed by atoms with Crippen molar-refractivity contribution in [2.75, 3.05) is 6.54 Å². The third kappa shape index (κ3) is 6.33. The first-order chi connectivity index (χ1) is 5.31. The van der Waals surface area contributed by atoms with Crippen molar-refractivity contribution in [3.63, 3.8) is 0 Å². The molecule has 0 saturated heterocycles. The molecule has 0 fully saturated rings. The van der Waals surface area contributed by atoms with Gasteiger partial charge in [-0.1, -0.05) is 0 Å². The lowest BCUT2D eigenvalue weighted by Gasteiger charge is -1.97. The van der Waals surface area contributed by atoms with E-state index in [1.165, 1.54) is 0 Å². The Morgan fingerprint density at radius 3 is 2.45 bits per heavy atom. The summed E-state index contributed by atoms with van der Waals surface area (Å²) in [6.45, 7) is 0.376. The van der Waals surface area contributed by atoms with E-state index >= 15 is 0 Å². The van der Waals surface area contributed by atoms with Crippen LogP contribution in [0.25, 0.3) is 0 Å². The van der Waals surface area contributed by atoms with E-state index < -0.39 is 0 Å². The van der Waals surface area contributed by atoms with E-state index in [4.69, 9.17) is 10.5 Å². The first kappa shape index (κ1) is 9.45. The number of hydrogen-bond donors (Lipinski definition) is 1. The standard InChI is InChI=1S/C7H9N3O/c8-4-1-3-7(11)10-6-2-5-9/h1-3,6H2,(H,10,11). The third-order valence-electron chi connectivity index (χ3n) is 1.02. The van der Waals surface area contributed by atoms with Crippen LogP contribution in [0.2, 0.25) is 0 Å². The molecule has 0 aliphatic heterocycles. The predicted octanol–water partition coefficient (Wildman–Crippen LogP) is 0.320. The van der Waals surface area contributed by atoms with Crippen LogP contribution in [0.4, 0.5) is 0 Å². The molecule has 1 N–H and O–H groups in total. The minimum atomic E-state index is -0.165. The summed E-state index contributed by atoms with van der Waals surface area (Å²) in [5.41, 5.74) is 0. The lowest BCUT2D eigenvalue weighted by atomic mass is 10.3. The van der Waals surface area contributed by atoms with Gasteiger partial charge in [-0.25, -0.2) is 0 Å². The molecule has 0 bridgehead atoms. The van der Waals surface area contributed by atoms with Crippen LogP contribution in [0.3, 0.4) is 0 Å². The Labute approximate surface area is 65.4 Å². The van der Waals surface area contributed by atoms with Crippen molar-refractivity contribution >= 4 is 5.91 Å². The summed E-state index contributed by atoms with van der Waals surface area (Å²) in [5, 5.41) is 18.7. The van der Waals surface area contributed by atoms with Gasteiger partial charge in [0.15, 0.2) is 0 Å². The fourth-order valence-electron chi connectivity index (χ4n) is 0.516. The zero-order valence-corrected chi connectivity index (χ0v) is 6.13. The van der Waals surface area contributed by atoms with Crippen molar-refractivity contribution in [3.8, 4) is 12.1 Å². The van der Waals surface area contributed by atoms with Crippen LogP contribution in [0.5, 0.6) is 0 Å². The molecule has 1 amide bonds. The van der Waals surface area contributed by atoms with E-state index in [0.717, 1.165) is 0 Å². The van der Waals surface area contributed by atoms with E-state index in [2.05, 4.69) is 5.32 Å². The summed E-state index contributed by atoms with van der Waals surface area (Å²) in [6, 6.07) is 3.76. The van der Waals surface area contributed by atoms with E-state index in [-0.39, 0.29) is 18.7 Å². The summed E-state index contributed by atoms with van der Waals surface area (Å²) in [5.74, 6) is -0.165. The highest BCUT2D eigenvalue weighted by molar-refractivity contribution is 5.76. The van der Waals surface area contributed by atoms with E-state index in [1.807, 2.05) is 12.1 Å². The van der Waals surface area contributed by atoms with Crippen LogP contribution in [0, 0.1) is 22.7 Å². The van der Waals surface area contributed by atoms with Crippen LogP contribution in [0.1, 0.15) is 19.3 Å². The normalized spacial score (nSPS) is 7.82. The van der Waals surface area contributed by atoms with Gasteiger partial charge in [0.25, 0.3) is 0 Å². The van der Waals surface area contributed by atoms with Crippen LogP contribution >= 0.6 is 0 Å². The maximum atomic E-state index is 10.7. The minimum absolute atomic E-state index is 0.165. The smallest absolute Gasteiger partial charge is 0.221 e. The molecule has 0 aliphatic carbocycles. The fraction of sp³-hybridized carbons (Fsp3) is 0.571. The van der Waals surface area contributed by atoms with Crippen molar-refractivity contribution in [2.45, 2.75) is 19.3 Å². The molecular weight excluding hydrogens is 142 g/mol. The van der Waals surface area contributed by atoms with Crippen LogP contribution in [0.15, 0.2) is 0 Å². The fourth-order valence-corrected chi connectivity index (χ4v) is 0.516. The molecule has 4 nitrogen and oxygen atoms in total. The van der Waals surface area contributed by atoms with Gasteiger partial charge < -0.3 is 5.32 Å². The van der Waals surface area contributed by atoms with Gasteiger partial charge in [0.1, 0.15) is 0 Å². The Balaban J connectivity index is 3.26. The number of amides is 1. The SMILES string of the molecule is N#CCCNC(=O)CCC#N. The van der Waals surface area contributed by atoms with Crippen molar-refractivity contribution < 1.29 is 4.79 Å². The first-order valence-corrected chi connectivity index (χ1v) is 3.32. The highest BCUT2D eigenvalue weighted by Crippen LogP contribution is 1.85. The second-order valence-electron chi connectivity index (χ2n) is 1.92. The van der Waals surface area contributed by atoms with Gasteiger partial charge in [-0.3, -0.25) is 4.79 Å². The summed E-state index contributed by atoms with van der Waals surface area (Å²) in [4.78, 5) is 10.7. The Kier molecular flexibility index (Phi) is 5.64. The van der Waals surface area contributed by atoms with E-state index in [1.54, 1.807) is 0 Å². The zero-order chi connectivity index (χ0) is 8.53. The molecule has 0 aromatic heterocycles. The van der Waals surface area contributed by atoms with Crippen molar-refractivity contribution in [1.29, 1.82) is 10.5 Å². The largest absolute Gasteiger partial charge is 0.355 e. The molecule has 0 aliphatic rings. The van der Waals surface area contributed by atoms with Gasteiger partial charge in [0, 0.05) is 19.4 Å². The van der Waals surface area contributed by atoms with Crippen molar-refractivity contribution in [2.24, 2.45) is 0 Å². The molecule has 0 rings (SSSR count). The summed E-state index contributed by atoms with van der Waals surface area (Å²) in [6.07, 6.45) is 0.776. The van der Waals surface area contributed by atoms with E-state index in [0.29, 0.717) is 13.0 Å². The van der Waals surface area contributed by atoms with Crippen LogP contribution in [-0.2, 0) is 4.79 Å². The lowest BCUT2D eigenvalue weighted by molar-refractivity contribution is -0.120. The lowest BCUT2D eigenvalue weighted by Crippen LogP contribution is -2.23. The molecule has 0 aromatic rings. The average molecular weight is 151 g/mol. The van der Waals surface area contributed by atoms with Crippen molar-refractivity contribution in [3.05, 3.63) is 0 Å². The molecule has 11 heavy (non-hydrogen) atoms. The first-order valence-electron chi connectivity index (χ1n) is 3.32. The minimum Gasteiger partial charge on any atom is -0.355 e. The van der Waals surface area contributed by atoms with Crippen molar-refractivity contribution in [1.82, 2.24) is 5.32 Å².